The van der Waals surface area contributed by atoms with Crippen molar-refractivity contribution in [2.24, 2.45) is 0 Å². The Labute approximate surface area is 100 Å². The molecule has 0 aromatic heterocycles. The number of benzene rings is 1. The highest BCUT2D eigenvalue weighted by atomic mass is 14.9. The Bertz CT molecular complexity index is 304. The van der Waals surface area contributed by atoms with Crippen LogP contribution in [-0.4, -0.2) is 6.54 Å². The van der Waals surface area contributed by atoms with Gasteiger partial charge in [-0.25, -0.2) is 0 Å². The van der Waals surface area contributed by atoms with Crippen molar-refractivity contribution in [1.29, 1.82) is 0 Å². The molecule has 0 heterocycles. The van der Waals surface area contributed by atoms with Crippen LogP contribution in [0.2, 0.25) is 0 Å². The molecule has 1 N–H and O–H groups in total. The second kappa shape index (κ2) is 7.32. The zero-order valence-corrected chi connectivity index (χ0v) is 11.0. The maximum Gasteiger partial charge on any atom is 0.0402 e. The summed E-state index contributed by atoms with van der Waals surface area (Å²) in [5.41, 5.74) is 4.17. The summed E-state index contributed by atoms with van der Waals surface area (Å²) in [4.78, 5) is 0. The van der Waals surface area contributed by atoms with Gasteiger partial charge in [-0.15, -0.1) is 0 Å². The maximum atomic E-state index is 3.59. The molecule has 0 saturated heterocycles. The largest absolute Gasteiger partial charge is 0.385 e. The lowest BCUT2D eigenvalue weighted by molar-refractivity contribution is 0.684. The number of anilines is 1. The SMILES string of the molecule is CCCCCCNc1c(C)cccc1CC. The standard InChI is InChI=1S/C15H25N/c1-4-6-7-8-12-16-15-13(3)10-9-11-14(15)5-2/h9-11,16H,4-8,12H2,1-3H3. The van der Waals surface area contributed by atoms with E-state index in [1.54, 1.807) is 0 Å². The maximum absolute atomic E-state index is 3.59. The van der Waals surface area contributed by atoms with Crippen molar-refractivity contribution in [1.82, 2.24) is 0 Å². The van der Waals surface area contributed by atoms with E-state index in [9.17, 15) is 0 Å². The van der Waals surface area contributed by atoms with Crippen LogP contribution < -0.4 is 5.32 Å². The molecule has 1 rings (SSSR count). The van der Waals surface area contributed by atoms with Crippen molar-refractivity contribution in [3.8, 4) is 0 Å². The lowest BCUT2D eigenvalue weighted by Gasteiger charge is -2.13. The number of rotatable bonds is 7. The number of nitrogens with one attached hydrogen (secondary N) is 1. The van der Waals surface area contributed by atoms with Gasteiger partial charge < -0.3 is 5.32 Å². The first-order valence-corrected chi connectivity index (χ1v) is 6.62. The van der Waals surface area contributed by atoms with Crippen LogP contribution in [0.15, 0.2) is 18.2 Å². The molecule has 0 aliphatic carbocycles. The monoisotopic (exact) mass is 219 g/mol. The first-order chi connectivity index (χ1) is 7.79. The molecule has 0 unspecified atom stereocenters. The van der Waals surface area contributed by atoms with E-state index in [4.69, 9.17) is 0 Å². The molecule has 0 aliphatic rings. The highest BCUT2D eigenvalue weighted by molar-refractivity contribution is 5.57. The number of para-hydroxylation sites is 1. The molecule has 1 nitrogen and oxygen atoms in total. The molecule has 0 spiro atoms. The molecule has 90 valence electrons. The predicted molar refractivity (Wildman–Crippen MR) is 73.2 cm³/mol. The summed E-state index contributed by atoms with van der Waals surface area (Å²) < 4.78 is 0. The zero-order valence-electron chi connectivity index (χ0n) is 11.0. The number of hydrogen-bond acceptors (Lipinski definition) is 1. The molecule has 16 heavy (non-hydrogen) atoms. The quantitative estimate of drug-likeness (QED) is 0.663. The van der Waals surface area contributed by atoms with Crippen LogP contribution in [0.3, 0.4) is 0 Å². The average Bonchev–Trinajstić information content (AvgIpc) is 2.30. The van der Waals surface area contributed by atoms with Gasteiger partial charge in [0.15, 0.2) is 0 Å². The fourth-order valence-corrected chi connectivity index (χ4v) is 2.04. The molecular weight excluding hydrogens is 194 g/mol. The van der Waals surface area contributed by atoms with Gasteiger partial charge in [-0.2, -0.15) is 0 Å². The van der Waals surface area contributed by atoms with Gasteiger partial charge in [0.2, 0.25) is 0 Å². The topological polar surface area (TPSA) is 12.0 Å². The molecule has 1 heteroatoms. The van der Waals surface area contributed by atoms with Crippen molar-refractivity contribution < 1.29 is 0 Å². The third-order valence-electron chi connectivity index (χ3n) is 3.07. The Morgan fingerprint density at radius 2 is 1.88 bits per heavy atom. The average molecular weight is 219 g/mol. The summed E-state index contributed by atoms with van der Waals surface area (Å²) in [6.07, 6.45) is 6.40. The summed E-state index contributed by atoms with van der Waals surface area (Å²) >= 11 is 0. The summed E-state index contributed by atoms with van der Waals surface area (Å²) in [7, 11) is 0. The highest BCUT2D eigenvalue weighted by Crippen LogP contribution is 2.21. The predicted octanol–water partition coefficient (Wildman–Crippen LogP) is 4.55. The van der Waals surface area contributed by atoms with Crippen LogP contribution in [0.5, 0.6) is 0 Å². The van der Waals surface area contributed by atoms with E-state index in [1.807, 2.05) is 0 Å². The van der Waals surface area contributed by atoms with Gasteiger partial charge in [0.1, 0.15) is 0 Å². The Morgan fingerprint density at radius 1 is 1.06 bits per heavy atom. The van der Waals surface area contributed by atoms with Crippen LogP contribution in [0.4, 0.5) is 5.69 Å². The molecular formula is C15H25N. The lowest BCUT2D eigenvalue weighted by atomic mass is 10.1. The molecule has 0 saturated carbocycles. The van der Waals surface area contributed by atoms with Crippen molar-refractivity contribution in [3.05, 3.63) is 29.3 Å². The van der Waals surface area contributed by atoms with E-state index < -0.39 is 0 Å². The van der Waals surface area contributed by atoms with E-state index >= 15 is 0 Å². The third-order valence-corrected chi connectivity index (χ3v) is 3.07. The minimum Gasteiger partial charge on any atom is -0.385 e. The van der Waals surface area contributed by atoms with Gasteiger partial charge in [0, 0.05) is 12.2 Å². The van der Waals surface area contributed by atoms with E-state index in [0.29, 0.717) is 0 Å². The second-order valence-electron chi connectivity index (χ2n) is 4.45. The summed E-state index contributed by atoms with van der Waals surface area (Å²) in [6.45, 7) is 7.77. The molecule has 0 atom stereocenters. The first kappa shape index (κ1) is 13.1. The molecule has 0 amide bonds. The summed E-state index contributed by atoms with van der Waals surface area (Å²) in [5.74, 6) is 0. The number of aryl methyl sites for hydroxylation is 2. The third kappa shape index (κ3) is 3.88. The van der Waals surface area contributed by atoms with Gasteiger partial charge in [0.25, 0.3) is 0 Å². The van der Waals surface area contributed by atoms with E-state index in [2.05, 4.69) is 44.3 Å². The van der Waals surface area contributed by atoms with Crippen LogP contribution in [0.1, 0.15) is 50.7 Å². The minimum absolute atomic E-state index is 1.11. The zero-order chi connectivity index (χ0) is 11.8. The molecule has 0 aliphatic heterocycles. The van der Waals surface area contributed by atoms with E-state index in [-0.39, 0.29) is 0 Å². The summed E-state index contributed by atoms with van der Waals surface area (Å²) in [5, 5.41) is 3.59. The fourth-order valence-electron chi connectivity index (χ4n) is 2.04. The fraction of sp³-hybridized carbons (Fsp3) is 0.600. The Morgan fingerprint density at radius 3 is 2.56 bits per heavy atom. The van der Waals surface area contributed by atoms with Crippen LogP contribution in [0.25, 0.3) is 0 Å². The second-order valence-corrected chi connectivity index (χ2v) is 4.45. The van der Waals surface area contributed by atoms with Gasteiger partial charge in [-0.05, 0) is 30.9 Å². The van der Waals surface area contributed by atoms with E-state index in [0.717, 1.165) is 13.0 Å². The van der Waals surface area contributed by atoms with Gasteiger partial charge in [-0.1, -0.05) is 51.3 Å². The highest BCUT2D eigenvalue weighted by Gasteiger charge is 2.02. The Hall–Kier alpha value is -0.980. The van der Waals surface area contributed by atoms with Crippen molar-refractivity contribution in [2.45, 2.75) is 52.9 Å². The molecule has 1 aromatic rings. The van der Waals surface area contributed by atoms with Crippen LogP contribution >= 0.6 is 0 Å². The van der Waals surface area contributed by atoms with Gasteiger partial charge in [-0.3, -0.25) is 0 Å². The lowest BCUT2D eigenvalue weighted by Crippen LogP contribution is -2.05. The Kier molecular flexibility index (Phi) is 5.99. The Balaban J connectivity index is 2.46. The van der Waals surface area contributed by atoms with Gasteiger partial charge in [0.05, 0.1) is 0 Å². The number of hydrogen-bond donors (Lipinski definition) is 1. The van der Waals surface area contributed by atoms with Crippen molar-refractivity contribution in [2.75, 3.05) is 11.9 Å². The molecule has 1 aromatic carbocycles. The molecule has 0 bridgehead atoms. The first-order valence-electron chi connectivity index (χ1n) is 6.62. The van der Waals surface area contributed by atoms with E-state index in [1.165, 1.54) is 42.5 Å². The number of unbranched alkanes of at least 4 members (excludes halogenated alkanes) is 3. The summed E-state index contributed by atoms with van der Waals surface area (Å²) in [6, 6.07) is 6.56. The molecule has 0 radical (unpaired) electrons. The van der Waals surface area contributed by atoms with Crippen molar-refractivity contribution >= 4 is 5.69 Å². The smallest absolute Gasteiger partial charge is 0.0402 e. The normalized spacial score (nSPS) is 10.4. The molecule has 0 fully saturated rings. The van der Waals surface area contributed by atoms with Gasteiger partial charge >= 0.3 is 0 Å². The van der Waals surface area contributed by atoms with Crippen LogP contribution in [-0.2, 0) is 6.42 Å². The van der Waals surface area contributed by atoms with Crippen LogP contribution in [0, 0.1) is 6.92 Å². The minimum atomic E-state index is 1.11. The van der Waals surface area contributed by atoms with Crippen molar-refractivity contribution in [3.63, 3.8) is 0 Å².